The fourth-order valence-electron chi connectivity index (χ4n) is 1.99. The summed E-state index contributed by atoms with van der Waals surface area (Å²) in [7, 11) is 1.40. The minimum Gasteiger partial charge on any atom is -0.486 e. The molecule has 2 rings (SSSR count). The van der Waals surface area contributed by atoms with Crippen molar-refractivity contribution in [2.24, 2.45) is 5.92 Å². The quantitative estimate of drug-likeness (QED) is 0.815. The summed E-state index contributed by atoms with van der Waals surface area (Å²) < 4.78 is 37.2. The highest BCUT2D eigenvalue weighted by Crippen LogP contribution is 2.37. The predicted molar refractivity (Wildman–Crippen MR) is 72.9 cm³/mol. The van der Waals surface area contributed by atoms with E-state index in [-0.39, 0.29) is 18.9 Å². The third kappa shape index (κ3) is 3.34. The highest BCUT2D eigenvalue weighted by Gasteiger charge is 2.35. The van der Waals surface area contributed by atoms with E-state index < -0.39 is 41.3 Å². The minimum atomic E-state index is -1.42. The first-order valence-electron chi connectivity index (χ1n) is 6.70. The van der Waals surface area contributed by atoms with Crippen molar-refractivity contribution in [1.29, 1.82) is 0 Å². The summed E-state index contributed by atoms with van der Waals surface area (Å²) >= 11 is 0. The summed E-state index contributed by atoms with van der Waals surface area (Å²) in [6.07, 6.45) is 0. The summed E-state index contributed by atoms with van der Waals surface area (Å²) in [6, 6.07) is 1.39. The summed E-state index contributed by atoms with van der Waals surface area (Å²) in [5, 5.41) is 9.84. The third-order valence-corrected chi connectivity index (χ3v) is 3.29. The number of methoxy groups -OCH3 is 1. The lowest BCUT2D eigenvalue weighted by molar-refractivity contribution is -0.160. The van der Waals surface area contributed by atoms with E-state index in [1.54, 1.807) is 0 Å². The van der Waals surface area contributed by atoms with E-state index in [0.29, 0.717) is 0 Å². The summed E-state index contributed by atoms with van der Waals surface area (Å²) in [5.41, 5.74) is -0.0249. The van der Waals surface area contributed by atoms with Crippen LogP contribution in [0.15, 0.2) is 12.1 Å². The Balaban J connectivity index is 2.35. The number of halogens is 2. The maximum atomic E-state index is 13.8. The number of hydrogen-bond donors (Lipinski definition) is 1. The summed E-state index contributed by atoms with van der Waals surface area (Å²) in [5.74, 6) is -6.57. The number of anilines is 1. The van der Waals surface area contributed by atoms with Gasteiger partial charge in [0.15, 0.2) is 17.5 Å². The molecule has 7 nitrogen and oxygen atoms in total. The average Bonchev–Trinajstić information content (AvgIpc) is 2.52. The molecule has 1 N–H and O–H groups in total. The van der Waals surface area contributed by atoms with Crippen LogP contribution in [0.3, 0.4) is 0 Å². The monoisotopic (exact) mass is 331 g/mol. The average molecular weight is 331 g/mol. The molecule has 1 aliphatic rings. The molecule has 2 unspecified atom stereocenters. The molecule has 2 atom stereocenters. The molecule has 0 saturated carbocycles. The lowest BCUT2D eigenvalue weighted by atomic mass is 10.2. The number of fused-ring (bicyclic) bond motifs is 1. The Morgan fingerprint density at radius 2 is 2.17 bits per heavy atom. The number of nitrogens with zero attached hydrogens (tertiary/aromatic N) is 1. The number of carboxylic acids is 1. The Labute approximate surface area is 130 Å². The van der Waals surface area contributed by atoms with Crippen molar-refractivity contribution in [3.05, 3.63) is 23.8 Å². The van der Waals surface area contributed by atoms with Gasteiger partial charge in [-0.3, -0.25) is 4.79 Å². The molecule has 0 bridgehead atoms. The van der Waals surface area contributed by atoms with Crippen molar-refractivity contribution in [2.75, 3.05) is 25.4 Å². The third-order valence-electron chi connectivity index (χ3n) is 3.29. The number of hydrogen-bond acceptors (Lipinski definition) is 6. The van der Waals surface area contributed by atoms with E-state index in [1.165, 1.54) is 13.2 Å². The lowest BCUT2D eigenvalue weighted by Gasteiger charge is -2.36. The summed E-state index contributed by atoms with van der Waals surface area (Å²) in [6.45, 7) is 1.09. The number of benzene rings is 1. The number of hydroxylamine groups is 1. The van der Waals surface area contributed by atoms with Crippen molar-refractivity contribution in [1.82, 2.24) is 0 Å². The highest BCUT2D eigenvalue weighted by molar-refractivity contribution is 5.93. The van der Waals surface area contributed by atoms with Crippen molar-refractivity contribution >= 4 is 17.6 Å². The zero-order chi connectivity index (χ0) is 17.1. The van der Waals surface area contributed by atoms with Crippen LogP contribution in [0, 0.1) is 17.6 Å². The first kappa shape index (κ1) is 16.9. The van der Waals surface area contributed by atoms with E-state index in [9.17, 15) is 18.4 Å². The molecule has 9 heteroatoms. The second kappa shape index (κ2) is 6.78. The van der Waals surface area contributed by atoms with Gasteiger partial charge in [-0.1, -0.05) is 0 Å². The van der Waals surface area contributed by atoms with Gasteiger partial charge < -0.3 is 19.4 Å². The number of carboxylic acid groups (broad SMARTS) is 1. The van der Waals surface area contributed by atoms with Crippen LogP contribution in [0.5, 0.6) is 5.75 Å². The molecule has 1 aromatic rings. The van der Waals surface area contributed by atoms with Crippen molar-refractivity contribution in [3.8, 4) is 5.75 Å². The maximum absolute atomic E-state index is 13.8. The van der Waals surface area contributed by atoms with E-state index in [0.717, 1.165) is 18.1 Å². The van der Waals surface area contributed by atoms with Crippen LogP contribution >= 0.6 is 0 Å². The van der Waals surface area contributed by atoms with Crippen molar-refractivity contribution < 1.29 is 37.8 Å². The summed E-state index contributed by atoms with van der Waals surface area (Å²) in [4.78, 5) is 27.8. The van der Waals surface area contributed by atoms with E-state index >= 15 is 0 Å². The van der Waals surface area contributed by atoms with Gasteiger partial charge in [-0.25, -0.2) is 9.18 Å². The van der Waals surface area contributed by atoms with Crippen LogP contribution in [-0.2, 0) is 19.2 Å². The molecule has 0 spiro atoms. The Bertz CT molecular complexity index is 624. The molecule has 0 aromatic heterocycles. The molecule has 126 valence electrons. The number of carbonyl (C=O) groups excluding carboxylic acids is 1. The predicted octanol–water partition coefficient (Wildman–Crippen LogP) is 1.36. The van der Waals surface area contributed by atoms with Crippen LogP contribution in [0.25, 0.3) is 0 Å². The molecular weight excluding hydrogens is 316 g/mol. The first-order valence-corrected chi connectivity index (χ1v) is 6.70. The van der Waals surface area contributed by atoms with E-state index in [2.05, 4.69) is 0 Å². The molecule has 1 heterocycles. The van der Waals surface area contributed by atoms with Gasteiger partial charge in [0.1, 0.15) is 18.3 Å². The standard InChI is InChI=1S/C14H15F2NO6/c1-7(13(18)19)14(20)23-17-8(5-21-2)6-22-12-10(17)4-3-9(15)11(12)16/h3-4,7-8H,5-6H2,1-2H3,(H,18,19). The second-order valence-electron chi connectivity index (χ2n) is 4.93. The van der Waals surface area contributed by atoms with Gasteiger partial charge >= 0.3 is 11.9 Å². The number of rotatable bonds is 5. The molecule has 0 saturated heterocycles. The number of aliphatic carboxylic acids is 1. The highest BCUT2D eigenvalue weighted by atomic mass is 19.2. The zero-order valence-corrected chi connectivity index (χ0v) is 12.4. The van der Waals surface area contributed by atoms with Crippen LogP contribution in [0.4, 0.5) is 14.5 Å². The SMILES string of the molecule is COCC1COc2c(ccc(F)c2F)N1OC(=O)C(C)C(=O)O. The van der Waals surface area contributed by atoms with Gasteiger partial charge in [-0.2, -0.15) is 9.45 Å². The van der Waals surface area contributed by atoms with Crippen molar-refractivity contribution in [3.63, 3.8) is 0 Å². The lowest BCUT2D eigenvalue weighted by Crippen LogP contribution is -2.48. The fraction of sp³-hybridized carbons (Fsp3) is 0.429. The molecule has 0 amide bonds. The van der Waals surface area contributed by atoms with Crippen LogP contribution < -0.4 is 9.80 Å². The van der Waals surface area contributed by atoms with Gasteiger partial charge in [-0.15, -0.1) is 0 Å². The molecule has 1 aromatic carbocycles. The van der Waals surface area contributed by atoms with E-state index in [1.807, 2.05) is 0 Å². The normalized spacial score (nSPS) is 17.9. The Morgan fingerprint density at radius 1 is 1.48 bits per heavy atom. The second-order valence-corrected chi connectivity index (χ2v) is 4.93. The zero-order valence-electron chi connectivity index (χ0n) is 12.4. The Hall–Kier alpha value is -2.42. The van der Waals surface area contributed by atoms with Gasteiger partial charge in [0.2, 0.25) is 5.82 Å². The van der Waals surface area contributed by atoms with Gasteiger partial charge in [0.05, 0.1) is 6.61 Å². The molecule has 0 radical (unpaired) electrons. The molecule has 0 aliphatic carbocycles. The first-order chi connectivity index (χ1) is 10.9. The maximum Gasteiger partial charge on any atom is 0.346 e. The van der Waals surface area contributed by atoms with Crippen LogP contribution in [0.2, 0.25) is 0 Å². The molecule has 1 aliphatic heterocycles. The molecule has 0 fully saturated rings. The van der Waals surface area contributed by atoms with Gasteiger partial charge in [0, 0.05) is 7.11 Å². The minimum absolute atomic E-state index is 0.0249. The Morgan fingerprint density at radius 3 is 2.78 bits per heavy atom. The molecule has 23 heavy (non-hydrogen) atoms. The fourth-order valence-corrected chi connectivity index (χ4v) is 1.99. The van der Waals surface area contributed by atoms with Crippen LogP contribution in [-0.4, -0.2) is 43.4 Å². The largest absolute Gasteiger partial charge is 0.486 e. The smallest absolute Gasteiger partial charge is 0.346 e. The van der Waals surface area contributed by atoms with Gasteiger partial charge in [0.25, 0.3) is 0 Å². The van der Waals surface area contributed by atoms with E-state index in [4.69, 9.17) is 19.4 Å². The molecular formula is C14H15F2NO6. The van der Waals surface area contributed by atoms with Crippen LogP contribution in [0.1, 0.15) is 6.92 Å². The number of carbonyl (C=O) groups is 2. The van der Waals surface area contributed by atoms with Crippen molar-refractivity contribution in [2.45, 2.75) is 13.0 Å². The van der Waals surface area contributed by atoms with Gasteiger partial charge in [-0.05, 0) is 19.1 Å². The Kier molecular flexibility index (Phi) is 4.99. The number of ether oxygens (including phenoxy) is 2. The topological polar surface area (TPSA) is 85.3 Å².